The summed E-state index contributed by atoms with van der Waals surface area (Å²) in [7, 11) is 0. The number of nitrogens with zero attached hydrogens (tertiary/aromatic N) is 1. The first-order valence-corrected chi connectivity index (χ1v) is 7.19. The van der Waals surface area contributed by atoms with Crippen molar-refractivity contribution in [1.29, 1.82) is 0 Å². The average molecular weight is 319 g/mol. The van der Waals surface area contributed by atoms with Crippen molar-refractivity contribution in [1.82, 2.24) is 4.90 Å². The van der Waals surface area contributed by atoms with Crippen molar-refractivity contribution in [2.45, 2.75) is 24.7 Å². The smallest absolute Gasteiger partial charge is 0.394 e. The zero-order chi connectivity index (χ0) is 16.2. The Balaban J connectivity index is 2.08. The van der Waals surface area contributed by atoms with Crippen LogP contribution in [-0.2, 0) is 10.9 Å². The number of ether oxygens (including phenoxy) is 1. The molecule has 1 aliphatic rings. The van der Waals surface area contributed by atoms with Gasteiger partial charge in [0.2, 0.25) is 0 Å². The highest BCUT2D eigenvalue weighted by molar-refractivity contribution is 5.29. The molecule has 4 nitrogen and oxygen atoms in total. The molecule has 1 fully saturated rings. The Morgan fingerprint density at radius 1 is 1.27 bits per heavy atom. The zero-order valence-corrected chi connectivity index (χ0v) is 12.1. The Bertz CT molecular complexity index is 481. The maximum absolute atomic E-state index is 12.8. The van der Waals surface area contributed by atoms with E-state index in [-0.39, 0.29) is 19.3 Å². The van der Waals surface area contributed by atoms with E-state index in [0.29, 0.717) is 31.7 Å². The molecule has 1 aliphatic heterocycles. The predicted molar refractivity (Wildman–Crippen MR) is 74.3 cm³/mol. The van der Waals surface area contributed by atoms with E-state index >= 15 is 0 Å². The molecule has 22 heavy (non-hydrogen) atoms. The summed E-state index contributed by atoms with van der Waals surface area (Å²) in [5, 5.41) is 18.5. The van der Waals surface area contributed by atoms with Gasteiger partial charge in [-0.1, -0.05) is 12.1 Å². The van der Waals surface area contributed by atoms with Crippen molar-refractivity contribution in [3.8, 4) is 0 Å². The SMILES string of the molecule is OCCOCCN1CC(O)CC1c1cccc(C(F)(F)F)c1. The van der Waals surface area contributed by atoms with E-state index in [4.69, 9.17) is 9.84 Å². The summed E-state index contributed by atoms with van der Waals surface area (Å²) in [6.07, 6.45) is -4.53. The van der Waals surface area contributed by atoms with Gasteiger partial charge < -0.3 is 14.9 Å². The van der Waals surface area contributed by atoms with Crippen molar-refractivity contribution in [2.75, 3.05) is 32.9 Å². The fourth-order valence-electron chi connectivity index (χ4n) is 2.74. The average Bonchev–Trinajstić information content (AvgIpc) is 2.84. The van der Waals surface area contributed by atoms with E-state index in [1.54, 1.807) is 6.07 Å². The zero-order valence-electron chi connectivity index (χ0n) is 12.1. The summed E-state index contributed by atoms with van der Waals surface area (Å²) in [5.41, 5.74) is -0.128. The van der Waals surface area contributed by atoms with Gasteiger partial charge in [-0.2, -0.15) is 13.2 Å². The molecule has 0 bridgehead atoms. The number of benzene rings is 1. The molecule has 0 spiro atoms. The number of likely N-dealkylation sites (tertiary alicyclic amines) is 1. The van der Waals surface area contributed by atoms with Crippen LogP contribution in [0.4, 0.5) is 13.2 Å². The lowest BCUT2D eigenvalue weighted by molar-refractivity contribution is -0.137. The number of rotatable bonds is 6. The number of aliphatic hydroxyl groups is 2. The molecule has 0 saturated carbocycles. The van der Waals surface area contributed by atoms with Gasteiger partial charge in [0.15, 0.2) is 0 Å². The van der Waals surface area contributed by atoms with Gasteiger partial charge in [0.1, 0.15) is 0 Å². The van der Waals surface area contributed by atoms with Crippen LogP contribution in [0.15, 0.2) is 24.3 Å². The molecule has 1 saturated heterocycles. The summed E-state index contributed by atoms with van der Waals surface area (Å²) in [6.45, 7) is 1.43. The number of halogens is 3. The third-order valence-corrected chi connectivity index (χ3v) is 3.74. The number of hydrogen-bond donors (Lipinski definition) is 2. The Morgan fingerprint density at radius 3 is 2.73 bits per heavy atom. The summed E-state index contributed by atoms with van der Waals surface area (Å²) in [5.74, 6) is 0. The number of hydrogen-bond acceptors (Lipinski definition) is 4. The number of alkyl halides is 3. The maximum Gasteiger partial charge on any atom is 0.416 e. The molecule has 2 unspecified atom stereocenters. The first kappa shape index (κ1) is 17.2. The number of β-amino-alcohol motifs (C(OH)–C–C–N with tert-alkyl or cyclic N) is 1. The van der Waals surface area contributed by atoms with Gasteiger partial charge in [-0.05, 0) is 24.1 Å². The first-order chi connectivity index (χ1) is 10.4. The van der Waals surface area contributed by atoms with Crippen LogP contribution in [0, 0.1) is 0 Å². The second kappa shape index (κ2) is 7.41. The maximum atomic E-state index is 12.8. The quantitative estimate of drug-likeness (QED) is 0.786. The van der Waals surface area contributed by atoms with Gasteiger partial charge in [-0.3, -0.25) is 4.90 Å². The Labute approximate surface area is 127 Å². The van der Waals surface area contributed by atoms with Gasteiger partial charge >= 0.3 is 6.18 Å². The molecule has 1 aromatic carbocycles. The highest BCUT2D eigenvalue weighted by atomic mass is 19.4. The van der Waals surface area contributed by atoms with E-state index < -0.39 is 17.8 Å². The molecule has 0 radical (unpaired) electrons. The van der Waals surface area contributed by atoms with Crippen LogP contribution in [0.1, 0.15) is 23.6 Å². The molecule has 1 aromatic rings. The van der Waals surface area contributed by atoms with Crippen LogP contribution in [0.2, 0.25) is 0 Å². The van der Waals surface area contributed by atoms with Crippen LogP contribution >= 0.6 is 0 Å². The minimum Gasteiger partial charge on any atom is -0.394 e. The lowest BCUT2D eigenvalue weighted by atomic mass is 10.0. The Kier molecular flexibility index (Phi) is 5.80. The largest absolute Gasteiger partial charge is 0.416 e. The Hall–Kier alpha value is -1.15. The van der Waals surface area contributed by atoms with Gasteiger partial charge in [0.05, 0.1) is 31.5 Å². The van der Waals surface area contributed by atoms with Crippen molar-refractivity contribution in [2.24, 2.45) is 0 Å². The molecule has 1 heterocycles. The molecule has 0 amide bonds. The minimum absolute atomic E-state index is 0.0698. The summed E-state index contributed by atoms with van der Waals surface area (Å²) >= 11 is 0. The molecule has 0 aliphatic carbocycles. The third-order valence-electron chi connectivity index (χ3n) is 3.74. The highest BCUT2D eigenvalue weighted by Gasteiger charge is 2.34. The van der Waals surface area contributed by atoms with E-state index in [2.05, 4.69) is 0 Å². The highest BCUT2D eigenvalue weighted by Crippen LogP contribution is 2.35. The third kappa shape index (κ3) is 4.42. The molecule has 2 atom stereocenters. The van der Waals surface area contributed by atoms with Gasteiger partial charge in [-0.15, -0.1) is 0 Å². The summed E-state index contributed by atoms with van der Waals surface area (Å²) in [6, 6.07) is 4.98. The fourth-order valence-corrected chi connectivity index (χ4v) is 2.74. The molecule has 7 heteroatoms. The van der Waals surface area contributed by atoms with E-state index in [1.807, 2.05) is 4.90 Å². The van der Waals surface area contributed by atoms with Crippen LogP contribution in [0.5, 0.6) is 0 Å². The van der Waals surface area contributed by atoms with Gasteiger partial charge in [-0.25, -0.2) is 0 Å². The second-order valence-corrected chi connectivity index (χ2v) is 5.36. The Morgan fingerprint density at radius 2 is 2.05 bits per heavy atom. The van der Waals surface area contributed by atoms with E-state index in [1.165, 1.54) is 6.07 Å². The van der Waals surface area contributed by atoms with E-state index in [9.17, 15) is 18.3 Å². The van der Waals surface area contributed by atoms with Crippen LogP contribution in [-0.4, -0.2) is 54.1 Å². The molecule has 0 aromatic heterocycles. The van der Waals surface area contributed by atoms with Gasteiger partial charge in [0, 0.05) is 19.1 Å². The molecular weight excluding hydrogens is 299 g/mol. The van der Waals surface area contributed by atoms with Crippen molar-refractivity contribution >= 4 is 0 Å². The van der Waals surface area contributed by atoms with Crippen molar-refractivity contribution in [3.63, 3.8) is 0 Å². The van der Waals surface area contributed by atoms with Crippen LogP contribution in [0.25, 0.3) is 0 Å². The minimum atomic E-state index is -4.37. The topological polar surface area (TPSA) is 52.9 Å². The normalized spacial score (nSPS) is 23.1. The predicted octanol–water partition coefficient (Wildman–Crippen LogP) is 1.82. The summed E-state index contributed by atoms with van der Waals surface area (Å²) < 4.78 is 43.6. The fraction of sp³-hybridized carbons (Fsp3) is 0.600. The van der Waals surface area contributed by atoms with Crippen LogP contribution < -0.4 is 0 Å². The lowest BCUT2D eigenvalue weighted by Gasteiger charge is -2.25. The van der Waals surface area contributed by atoms with Crippen molar-refractivity contribution < 1.29 is 28.1 Å². The van der Waals surface area contributed by atoms with Gasteiger partial charge in [0.25, 0.3) is 0 Å². The lowest BCUT2D eigenvalue weighted by Crippen LogP contribution is -2.29. The van der Waals surface area contributed by atoms with E-state index in [0.717, 1.165) is 12.1 Å². The molecule has 2 N–H and O–H groups in total. The standard InChI is InChI=1S/C15H20F3NO3/c16-15(17,18)12-3-1-2-11(8-12)14-9-13(21)10-19(14)4-6-22-7-5-20/h1-3,8,13-14,20-21H,4-7,9-10H2. The first-order valence-electron chi connectivity index (χ1n) is 7.19. The molecule has 124 valence electrons. The number of aliphatic hydroxyl groups excluding tert-OH is 2. The monoisotopic (exact) mass is 319 g/mol. The van der Waals surface area contributed by atoms with Crippen LogP contribution in [0.3, 0.4) is 0 Å². The second-order valence-electron chi connectivity index (χ2n) is 5.36. The van der Waals surface area contributed by atoms with Crippen molar-refractivity contribution in [3.05, 3.63) is 35.4 Å². The summed E-state index contributed by atoms with van der Waals surface area (Å²) in [4.78, 5) is 1.91. The molecular formula is C15H20F3NO3. The molecule has 2 rings (SSSR count).